The van der Waals surface area contributed by atoms with Gasteiger partial charge in [-0.05, 0) is 25.2 Å². The van der Waals surface area contributed by atoms with Gasteiger partial charge >= 0.3 is 0 Å². The molecule has 1 unspecified atom stereocenters. The standard InChI is InChI=1S/C14H28ClN/c1-3-7-13(2)12-16(11-10-15)14-8-5-4-6-9-14/h13-14H,3-12H2,1-2H3. The normalized spacial score (nSPS) is 20.2. The van der Waals surface area contributed by atoms with Gasteiger partial charge in [0, 0.05) is 25.0 Å². The summed E-state index contributed by atoms with van der Waals surface area (Å²) in [5, 5.41) is 0. The Morgan fingerprint density at radius 1 is 1.25 bits per heavy atom. The molecule has 0 N–H and O–H groups in total. The maximum atomic E-state index is 5.93. The largest absolute Gasteiger partial charge is 0.299 e. The second-order valence-electron chi connectivity index (χ2n) is 5.37. The molecule has 0 aromatic heterocycles. The molecule has 96 valence electrons. The van der Waals surface area contributed by atoms with E-state index in [4.69, 9.17) is 11.6 Å². The zero-order valence-corrected chi connectivity index (χ0v) is 11.8. The van der Waals surface area contributed by atoms with Gasteiger partial charge in [-0.1, -0.05) is 39.5 Å². The number of nitrogens with zero attached hydrogens (tertiary/aromatic N) is 1. The first-order valence-corrected chi connectivity index (χ1v) is 7.61. The van der Waals surface area contributed by atoms with Gasteiger partial charge in [-0.25, -0.2) is 0 Å². The van der Waals surface area contributed by atoms with Crippen LogP contribution in [-0.4, -0.2) is 29.9 Å². The maximum Gasteiger partial charge on any atom is 0.0351 e. The number of alkyl halides is 1. The molecule has 0 aliphatic heterocycles. The molecule has 0 heterocycles. The number of rotatable bonds is 7. The summed E-state index contributed by atoms with van der Waals surface area (Å²) >= 11 is 5.93. The minimum atomic E-state index is 0.787. The van der Waals surface area contributed by atoms with Gasteiger partial charge in [-0.2, -0.15) is 0 Å². The highest BCUT2D eigenvalue weighted by Crippen LogP contribution is 2.23. The molecule has 1 atom stereocenters. The Morgan fingerprint density at radius 3 is 2.50 bits per heavy atom. The highest BCUT2D eigenvalue weighted by molar-refractivity contribution is 6.18. The van der Waals surface area contributed by atoms with Crippen molar-refractivity contribution in [3.05, 3.63) is 0 Å². The number of hydrogen-bond donors (Lipinski definition) is 0. The summed E-state index contributed by atoms with van der Waals surface area (Å²) in [6, 6.07) is 0.826. The number of hydrogen-bond acceptors (Lipinski definition) is 1. The first kappa shape index (κ1) is 14.3. The quantitative estimate of drug-likeness (QED) is 0.605. The Hall–Kier alpha value is 0.250. The SMILES string of the molecule is CCCC(C)CN(CCCl)C1CCCCC1. The average molecular weight is 246 g/mol. The summed E-state index contributed by atoms with van der Waals surface area (Å²) in [7, 11) is 0. The summed E-state index contributed by atoms with van der Waals surface area (Å²) in [5.41, 5.74) is 0. The van der Waals surface area contributed by atoms with Gasteiger partial charge in [-0.15, -0.1) is 11.6 Å². The molecule has 0 bridgehead atoms. The third kappa shape index (κ3) is 5.05. The van der Waals surface area contributed by atoms with E-state index < -0.39 is 0 Å². The average Bonchev–Trinajstić information content (AvgIpc) is 2.30. The Labute approximate surface area is 107 Å². The molecule has 0 aromatic rings. The van der Waals surface area contributed by atoms with E-state index in [1.165, 1.54) is 51.5 Å². The van der Waals surface area contributed by atoms with E-state index in [1.807, 2.05) is 0 Å². The van der Waals surface area contributed by atoms with Crippen LogP contribution in [-0.2, 0) is 0 Å². The van der Waals surface area contributed by atoms with Crippen molar-refractivity contribution in [2.24, 2.45) is 5.92 Å². The molecule has 1 aliphatic rings. The van der Waals surface area contributed by atoms with Crippen molar-refractivity contribution < 1.29 is 0 Å². The molecule has 2 heteroatoms. The molecule has 0 amide bonds. The fourth-order valence-electron chi connectivity index (χ4n) is 2.96. The highest BCUT2D eigenvalue weighted by atomic mass is 35.5. The van der Waals surface area contributed by atoms with Gasteiger partial charge in [0.1, 0.15) is 0 Å². The van der Waals surface area contributed by atoms with Crippen LogP contribution in [0.5, 0.6) is 0 Å². The first-order valence-electron chi connectivity index (χ1n) is 7.08. The molecule has 0 radical (unpaired) electrons. The second-order valence-corrected chi connectivity index (χ2v) is 5.75. The van der Waals surface area contributed by atoms with Crippen LogP contribution in [0.1, 0.15) is 58.8 Å². The lowest BCUT2D eigenvalue weighted by Crippen LogP contribution is -2.40. The van der Waals surface area contributed by atoms with Gasteiger partial charge in [0.2, 0.25) is 0 Å². The zero-order valence-electron chi connectivity index (χ0n) is 11.1. The first-order chi connectivity index (χ1) is 7.77. The van der Waals surface area contributed by atoms with Crippen molar-refractivity contribution in [3.8, 4) is 0 Å². The highest BCUT2D eigenvalue weighted by Gasteiger charge is 2.21. The van der Waals surface area contributed by atoms with Crippen LogP contribution < -0.4 is 0 Å². The van der Waals surface area contributed by atoms with Gasteiger partial charge in [0.25, 0.3) is 0 Å². The van der Waals surface area contributed by atoms with Crippen molar-refractivity contribution >= 4 is 11.6 Å². The maximum absolute atomic E-state index is 5.93. The third-order valence-corrected chi connectivity index (χ3v) is 3.96. The van der Waals surface area contributed by atoms with Crippen LogP contribution in [0.4, 0.5) is 0 Å². The van der Waals surface area contributed by atoms with E-state index in [0.29, 0.717) is 0 Å². The lowest BCUT2D eigenvalue weighted by atomic mass is 9.93. The Morgan fingerprint density at radius 2 is 1.94 bits per heavy atom. The summed E-state index contributed by atoms with van der Waals surface area (Å²) in [5.74, 6) is 1.62. The molecular formula is C14H28ClN. The predicted octanol–water partition coefficient (Wildman–Crippen LogP) is 4.30. The Balaban J connectivity index is 2.38. The van der Waals surface area contributed by atoms with Crippen LogP contribution >= 0.6 is 11.6 Å². The Kier molecular flexibility index (Phi) is 7.47. The van der Waals surface area contributed by atoms with Crippen molar-refractivity contribution in [1.82, 2.24) is 4.90 Å². The van der Waals surface area contributed by atoms with E-state index in [2.05, 4.69) is 18.7 Å². The number of halogens is 1. The van der Waals surface area contributed by atoms with Crippen LogP contribution in [0.2, 0.25) is 0 Å². The molecule has 16 heavy (non-hydrogen) atoms. The zero-order chi connectivity index (χ0) is 11.8. The second kappa shape index (κ2) is 8.36. The monoisotopic (exact) mass is 245 g/mol. The molecule has 1 nitrogen and oxygen atoms in total. The minimum absolute atomic E-state index is 0.787. The summed E-state index contributed by atoms with van der Waals surface area (Å²) in [6.07, 6.45) is 9.74. The molecule has 1 fully saturated rings. The molecule has 0 spiro atoms. The van der Waals surface area contributed by atoms with E-state index in [-0.39, 0.29) is 0 Å². The molecular weight excluding hydrogens is 218 g/mol. The summed E-state index contributed by atoms with van der Waals surface area (Å²) in [4.78, 5) is 2.66. The molecule has 1 rings (SSSR count). The van der Waals surface area contributed by atoms with E-state index >= 15 is 0 Å². The fourth-order valence-corrected chi connectivity index (χ4v) is 3.18. The van der Waals surface area contributed by atoms with Crippen LogP contribution in [0.15, 0.2) is 0 Å². The van der Waals surface area contributed by atoms with Crippen molar-refractivity contribution in [1.29, 1.82) is 0 Å². The van der Waals surface area contributed by atoms with Crippen molar-refractivity contribution in [2.75, 3.05) is 19.0 Å². The van der Waals surface area contributed by atoms with Gasteiger partial charge < -0.3 is 0 Å². The van der Waals surface area contributed by atoms with E-state index in [0.717, 1.165) is 24.4 Å². The van der Waals surface area contributed by atoms with Gasteiger partial charge in [0.15, 0.2) is 0 Å². The predicted molar refractivity (Wildman–Crippen MR) is 73.2 cm³/mol. The lowest BCUT2D eigenvalue weighted by molar-refractivity contribution is 0.142. The molecule has 0 aromatic carbocycles. The van der Waals surface area contributed by atoms with Crippen LogP contribution in [0.25, 0.3) is 0 Å². The smallest absolute Gasteiger partial charge is 0.0351 e. The fraction of sp³-hybridized carbons (Fsp3) is 1.00. The third-order valence-electron chi connectivity index (χ3n) is 3.79. The summed E-state index contributed by atoms with van der Waals surface area (Å²) < 4.78 is 0. The lowest BCUT2D eigenvalue weighted by Gasteiger charge is -2.35. The van der Waals surface area contributed by atoms with Gasteiger partial charge in [0.05, 0.1) is 0 Å². The van der Waals surface area contributed by atoms with Crippen molar-refractivity contribution in [2.45, 2.75) is 64.8 Å². The molecule has 1 aliphatic carbocycles. The molecule has 1 saturated carbocycles. The van der Waals surface area contributed by atoms with E-state index in [1.54, 1.807) is 0 Å². The van der Waals surface area contributed by atoms with Crippen molar-refractivity contribution in [3.63, 3.8) is 0 Å². The summed E-state index contributed by atoms with van der Waals surface area (Å²) in [6.45, 7) is 7.00. The van der Waals surface area contributed by atoms with Crippen LogP contribution in [0.3, 0.4) is 0 Å². The van der Waals surface area contributed by atoms with Gasteiger partial charge in [-0.3, -0.25) is 4.90 Å². The molecule has 0 saturated heterocycles. The Bertz CT molecular complexity index is 166. The van der Waals surface area contributed by atoms with E-state index in [9.17, 15) is 0 Å². The minimum Gasteiger partial charge on any atom is -0.299 e. The van der Waals surface area contributed by atoms with Crippen LogP contribution in [0, 0.1) is 5.92 Å². The topological polar surface area (TPSA) is 3.24 Å².